The van der Waals surface area contributed by atoms with Crippen molar-refractivity contribution in [1.29, 1.82) is 0 Å². The van der Waals surface area contributed by atoms with E-state index in [2.05, 4.69) is 0 Å². The Labute approximate surface area is 121 Å². The zero-order chi connectivity index (χ0) is 15.6. The fraction of sp³-hybridized carbons (Fsp3) is 0.867. The van der Waals surface area contributed by atoms with Crippen LogP contribution in [0.3, 0.4) is 0 Å². The number of carbonyl (C=O) groups is 2. The highest BCUT2D eigenvalue weighted by Gasteiger charge is 2.33. The third-order valence-electron chi connectivity index (χ3n) is 2.89. The molecule has 1 atom stereocenters. The number of esters is 1. The molecular formula is C15H27NO4. The predicted molar refractivity (Wildman–Crippen MR) is 76.3 cm³/mol. The van der Waals surface area contributed by atoms with Crippen LogP contribution >= 0.6 is 0 Å². The Kier molecular flexibility index (Phi) is 5.19. The minimum Gasteiger partial charge on any atom is -0.460 e. The Hall–Kier alpha value is -1.10. The zero-order valence-corrected chi connectivity index (χ0v) is 13.5. The molecule has 1 amide bonds. The normalized spacial score (nSPS) is 22.5. The molecule has 0 spiro atoms. The lowest BCUT2D eigenvalue weighted by Gasteiger charge is -2.41. The Bertz CT molecular complexity index is 371. The predicted octanol–water partition coefficient (Wildman–Crippen LogP) is 2.13. The first kappa shape index (κ1) is 17.0. The summed E-state index contributed by atoms with van der Waals surface area (Å²) in [6.07, 6.45) is 0.337. The van der Waals surface area contributed by atoms with Gasteiger partial charge in [0.05, 0.1) is 18.1 Å². The van der Waals surface area contributed by atoms with Gasteiger partial charge in [-0.05, 0) is 41.5 Å². The number of carbonyl (C=O) groups excluding carboxylic acids is 2. The number of nitrogens with zero attached hydrogens (tertiary/aromatic N) is 1. The number of rotatable bonds is 3. The molecule has 0 radical (unpaired) electrons. The minimum atomic E-state index is -0.504. The molecule has 0 aromatic heterocycles. The van der Waals surface area contributed by atoms with Crippen LogP contribution in [0.15, 0.2) is 0 Å². The molecule has 0 saturated carbocycles. The first-order chi connectivity index (χ1) is 8.98. The van der Waals surface area contributed by atoms with Gasteiger partial charge in [-0.1, -0.05) is 0 Å². The molecule has 0 N–H and O–H groups in total. The summed E-state index contributed by atoms with van der Waals surface area (Å²) in [7, 11) is 0. The first-order valence-corrected chi connectivity index (χ1v) is 7.16. The number of ether oxygens (including phenoxy) is 2. The second-order valence-corrected chi connectivity index (χ2v) is 7.05. The quantitative estimate of drug-likeness (QED) is 0.745. The molecule has 1 aliphatic heterocycles. The van der Waals surface area contributed by atoms with Crippen LogP contribution in [0.1, 0.15) is 54.4 Å². The van der Waals surface area contributed by atoms with Gasteiger partial charge in [-0.3, -0.25) is 9.59 Å². The van der Waals surface area contributed by atoms with E-state index in [9.17, 15) is 9.59 Å². The van der Waals surface area contributed by atoms with E-state index in [1.165, 1.54) is 0 Å². The molecule has 0 aromatic carbocycles. The maximum atomic E-state index is 12.2. The van der Waals surface area contributed by atoms with Gasteiger partial charge < -0.3 is 14.4 Å². The second-order valence-electron chi connectivity index (χ2n) is 7.05. The van der Waals surface area contributed by atoms with E-state index in [1.54, 1.807) is 4.90 Å². The molecule has 1 aliphatic rings. The van der Waals surface area contributed by atoms with E-state index in [0.717, 1.165) is 0 Å². The Morgan fingerprint density at radius 3 is 2.40 bits per heavy atom. The van der Waals surface area contributed by atoms with Crippen LogP contribution < -0.4 is 0 Å². The van der Waals surface area contributed by atoms with Gasteiger partial charge in [-0.25, -0.2) is 0 Å². The van der Waals surface area contributed by atoms with Gasteiger partial charge >= 0.3 is 5.97 Å². The van der Waals surface area contributed by atoms with Crippen molar-refractivity contribution in [3.8, 4) is 0 Å². The van der Waals surface area contributed by atoms with Gasteiger partial charge in [-0.2, -0.15) is 0 Å². The lowest BCUT2D eigenvalue weighted by Crippen LogP contribution is -2.53. The monoisotopic (exact) mass is 285 g/mol. The SMILES string of the molecule is CC1CN(C(=O)CCC(=O)OC(C)(C)C)CC(C)(C)O1. The number of amides is 1. The highest BCUT2D eigenvalue weighted by atomic mass is 16.6. The van der Waals surface area contributed by atoms with E-state index in [1.807, 2.05) is 41.5 Å². The maximum Gasteiger partial charge on any atom is 0.306 e. The lowest BCUT2D eigenvalue weighted by atomic mass is 10.0. The molecule has 0 bridgehead atoms. The van der Waals surface area contributed by atoms with E-state index >= 15 is 0 Å². The Balaban J connectivity index is 2.45. The second kappa shape index (κ2) is 6.12. The van der Waals surface area contributed by atoms with Gasteiger partial charge in [0, 0.05) is 19.5 Å². The molecule has 5 heteroatoms. The summed E-state index contributed by atoms with van der Waals surface area (Å²) in [5.41, 5.74) is -0.838. The Morgan fingerprint density at radius 1 is 1.30 bits per heavy atom. The Morgan fingerprint density at radius 2 is 1.90 bits per heavy atom. The van der Waals surface area contributed by atoms with Crippen LogP contribution in [0.5, 0.6) is 0 Å². The van der Waals surface area contributed by atoms with Crippen molar-refractivity contribution in [3.63, 3.8) is 0 Å². The number of hydrogen-bond acceptors (Lipinski definition) is 4. The van der Waals surface area contributed by atoms with Crippen LogP contribution in [0, 0.1) is 0 Å². The topological polar surface area (TPSA) is 55.8 Å². The van der Waals surface area contributed by atoms with Crippen LogP contribution in [-0.2, 0) is 19.1 Å². The highest BCUT2D eigenvalue weighted by molar-refractivity contribution is 5.81. The number of hydrogen-bond donors (Lipinski definition) is 0. The molecule has 5 nitrogen and oxygen atoms in total. The van der Waals surface area contributed by atoms with E-state index in [-0.39, 0.29) is 36.4 Å². The van der Waals surface area contributed by atoms with Crippen LogP contribution in [0.4, 0.5) is 0 Å². The van der Waals surface area contributed by atoms with Gasteiger partial charge in [0.1, 0.15) is 5.60 Å². The van der Waals surface area contributed by atoms with E-state index in [0.29, 0.717) is 13.1 Å². The molecular weight excluding hydrogens is 258 g/mol. The van der Waals surface area contributed by atoms with E-state index < -0.39 is 5.60 Å². The summed E-state index contributed by atoms with van der Waals surface area (Å²) < 4.78 is 11.0. The third-order valence-corrected chi connectivity index (χ3v) is 2.89. The van der Waals surface area contributed by atoms with Gasteiger partial charge in [0.15, 0.2) is 0 Å². The van der Waals surface area contributed by atoms with Crippen molar-refractivity contribution >= 4 is 11.9 Å². The molecule has 1 rings (SSSR count). The molecule has 1 heterocycles. The highest BCUT2D eigenvalue weighted by Crippen LogP contribution is 2.21. The average molecular weight is 285 g/mol. The molecule has 1 unspecified atom stereocenters. The van der Waals surface area contributed by atoms with Gasteiger partial charge in [-0.15, -0.1) is 0 Å². The summed E-state index contributed by atoms with van der Waals surface area (Å²) >= 11 is 0. The van der Waals surface area contributed by atoms with E-state index in [4.69, 9.17) is 9.47 Å². The van der Waals surface area contributed by atoms with Crippen LogP contribution in [-0.4, -0.2) is 47.2 Å². The molecule has 1 saturated heterocycles. The first-order valence-electron chi connectivity index (χ1n) is 7.16. The summed E-state index contributed by atoms with van der Waals surface area (Å²) in [6.45, 7) is 12.5. The summed E-state index contributed by atoms with van der Waals surface area (Å²) in [4.78, 5) is 25.6. The summed E-state index contributed by atoms with van der Waals surface area (Å²) in [5.74, 6) is -0.342. The summed E-state index contributed by atoms with van der Waals surface area (Å²) in [6, 6.07) is 0. The standard InChI is InChI=1S/C15H27NO4/c1-11-9-16(10-15(5,6)19-11)12(17)7-8-13(18)20-14(2,3)4/h11H,7-10H2,1-6H3. The lowest BCUT2D eigenvalue weighted by molar-refractivity contribution is -0.162. The van der Waals surface area contributed by atoms with Gasteiger partial charge in [0.25, 0.3) is 0 Å². The maximum absolute atomic E-state index is 12.2. The fourth-order valence-electron chi connectivity index (χ4n) is 2.40. The van der Waals surface area contributed by atoms with Crippen molar-refractivity contribution in [1.82, 2.24) is 4.90 Å². The van der Waals surface area contributed by atoms with Crippen molar-refractivity contribution in [2.75, 3.05) is 13.1 Å². The largest absolute Gasteiger partial charge is 0.460 e. The minimum absolute atomic E-state index is 0.0147. The van der Waals surface area contributed by atoms with Crippen molar-refractivity contribution < 1.29 is 19.1 Å². The van der Waals surface area contributed by atoms with Crippen LogP contribution in [0.25, 0.3) is 0 Å². The molecule has 0 aliphatic carbocycles. The van der Waals surface area contributed by atoms with Crippen molar-refractivity contribution in [2.24, 2.45) is 0 Å². The molecule has 0 aromatic rings. The van der Waals surface area contributed by atoms with Crippen molar-refractivity contribution in [2.45, 2.75) is 71.7 Å². The smallest absolute Gasteiger partial charge is 0.306 e. The van der Waals surface area contributed by atoms with Crippen LogP contribution in [0.2, 0.25) is 0 Å². The fourth-order valence-corrected chi connectivity index (χ4v) is 2.40. The molecule has 116 valence electrons. The third kappa shape index (κ3) is 5.90. The zero-order valence-electron chi connectivity index (χ0n) is 13.5. The molecule has 1 fully saturated rings. The van der Waals surface area contributed by atoms with Crippen molar-refractivity contribution in [3.05, 3.63) is 0 Å². The summed E-state index contributed by atoms with van der Waals surface area (Å²) in [5, 5.41) is 0. The average Bonchev–Trinajstić information content (AvgIpc) is 2.20. The number of morpholine rings is 1. The van der Waals surface area contributed by atoms with Gasteiger partial charge in [0.2, 0.25) is 5.91 Å². The molecule has 20 heavy (non-hydrogen) atoms.